The second-order valence-corrected chi connectivity index (χ2v) is 4.99. The van der Waals surface area contributed by atoms with Gasteiger partial charge in [0.05, 0.1) is 12.1 Å². The van der Waals surface area contributed by atoms with Gasteiger partial charge in [0.2, 0.25) is 0 Å². The van der Waals surface area contributed by atoms with Crippen LogP contribution in [0.3, 0.4) is 0 Å². The molecule has 3 nitrogen and oxygen atoms in total. The lowest BCUT2D eigenvalue weighted by atomic mass is 9.94. The first kappa shape index (κ1) is 12.4. The average molecular weight is 187 g/mol. The monoisotopic (exact) mass is 187 g/mol. The molecule has 0 saturated carbocycles. The van der Waals surface area contributed by atoms with Crippen molar-refractivity contribution in [2.45, 2.75) is 52.6 Å². The molecule has 0 rings (SSSR count). The number of carbonyl (C=O) groups excluding carboxylic acids is 1. The topological polar surface area (TPSA) is 44.6 Å². The number of quaternary nitrogens is 1. The van der Waals surface area contributed by atoms with E-state index >= 15 is 0 Å². The Morgan fingerprint density at radius 2 is 1.62 bits per heavy atom. The van der Waals surface area contributed by atoms with Crippen molar-refractivity contribution in [2.75, 3.05) is 6.54 Å². The van der Waals surface area contributed by atoms with Crippen molar-refractivity contribution in [1.29, 1.82) is 0 Å². The fourth-order valence-electron chi connectivity index (χ4n) is 2.03. The number of rotatable bonds is 3. The molecule has 0 saturated heterocycles. The minimum absolute atomic E-state index is 0.0711. The molecule has 0 aromatic rings. The lowest BCUT2D eigenvalue weighted by Crippen LogP contribution is -3.26. The van der Waals surface area contributed by atoms with E-state index in [0.29, 0.717) is 0 Å². The van der Waals surface area contributed by atoms with Crippen LogP contribution in [0.2, 0.25) is 0 Å². The summed E-state index contributed by atoms with van der Waals surface area (Å²) in [6, 6.07) is 0. The molecule has 0 aliphatic carbocycles. The molecule has 1 atom stereocenters. The lowest BCUT2D eigenvalue weighted by molar-refractivity contribution is -0.982. The van der Waals surface area contributed by atoms with Gasteiger partial charge in [-0.25, -0.2) is 0 Å². The van der Waals surface area contributed by atoms with Crippen LogP contribution in [0.5, 0.6) is 0 Å². The van der Waals surface area contributed by atoms with E-state index in [1.165, 1.54) is 0 Å². The molecule has 13 heavy (non-hydrogen) atoms. The fraction of sp³-hybridized carbons (Fsp3) is 0.900. The molecule has 0 aliphatic rings. The number of carbonyl (C=O) groups is 1. The van der Waals surface area contributed by atoms with Gasteiger partial charge in [0, 0.05) is 0 Å². The molecule has 0 amide bonds. The van der Waals surface area contributed by atoms with E-state index in [2.05, 4.69) is 0 Å². The third-order valence-electron chi connectivity index (χ3n) is 2.52. The van der Waals surface area contributed by atoms with Gasteiger partial charge in [-0.15, -0.1) is 0 Å². The Morgan fingerprint density at radius 3 is 1.69 bits per heavy atom. The van der Waals surface area contributed by atoms with Gasteiger partial charge in [0.25, 0.3) is 0 Å². The Labute approximate surface area is 80.7 Å². The van der Waals surface area contributed by atoms with Crippen molar-refractivity contribution in [3.63, 3.8) is 0 Å². The van der Waals surface area contributed by atoms with E-state index in [9.17, 15) is 9.90 Å². The summed E-state index contributed by atoms with van der Waals surface area (Å²) in [6.45, 7) is 12.3. The molecule has 78 valence electrons. The molecule has 1 unspecified atom stereocenters. The zero-order chi connectivity index (χ0) is 10.9. The first-order valence-corrected chi connectivity index (χ1v) is 4.72. The third kappa shape index (κ3) is 2.69. The van der Waals surface area contributed by atoms with Gasteiger partial charge in [-0.1, -0.05) is 0 Å². The standard InChI is InChI=1S/C10H21NO2/c1-7-11(9(2,3)4)10(5,6)8(12)13/h7H2,1-6H3,(H,12,13). The highest BCUT2D eigenvalue weighted by Crippen LogP contribution is 2.02. The molecular formula is C10H21NO2. The van der Waals surface area contributed by atoms with E-state index in [1.54, 1.807) is 13.8 Å². The minimum Gasteiger partial charge on any atom is -0.544 e. The smallest absolute Gasteiger partial charge is 0.132 e. The number of nitrogens with one attached hydrogen (secondary N) is 1. The Balaban J connectivity index is 4.88. The van der Waals surface area contributed by atoms with Gasteiger partial charge in [0.1, 0.15) is 11.5 Å². The molecule has 3 heteroatoms. The Morgan fingerprint density at radius 1 is 1.23 bits per heavy atom. The summed E-state index contributed by atoms with van der Waals surface area (Å²) in [5.74, 6) is -0.987. The summed E-state index contributed by atoms with van der Waals surface area (Å²) in [4.78, 5) is 12.0. The number of likely N-dealkylation sites (N-methyl/N-ethyl adjacent to an activating group) is 1. The van der Waals surface area contributed by atoms with Crippen LogP contribution in [0.15, 0.2) is 0 Å². The quantitative estimate of drug-likeness (QED) is 0.630. The third-order valence-corrected chi connectivity index (χ3v) is 2.52. The molecule has 0 aliphatic heterocycles. The number of carboxylic acids is 1. The first-order valence-electron chi connectivity index (χ1n) is 4.72. The molecule has 0 aromatic carbocycles. The van der Waals surface area contributed by atoms with Crippen molar-refractivity contribution in [1.82, 2.24) is 0 Å². The summed E-state index contributed by atoms with van der Waals surface area (Å²) in [6.07, 6.45) is 0. The molecule has 0 fully saturated rings. The highest BCUT2D eigenvalue weighted by atomic mass is 16.4. The first-order chi connectivity index (χ1) is 5.64. The van der Waals surface area contributed by atoms with E-state index in [-0.39, 0.29) is 5.54 Å². The molecule has 0 spiro atoms. The number of hydrogen-bond donors (Lipinski definition) is 1. The molecule has 1 N–H and O–H groups in total. The Bertz CT molecular complexity index is 192. The fourth-order valence-corrected chi connectivity index (χ4v) is 2.03. The minimum atomic E-state index is -0.987. The van der Waals surface area contributed by atoms with Crippen LogP contribution in [0, 0.1) is 0 Å². The maximum Gasteiger partial charge on any atom is 0.132 e. The van der Waals surface area contributed by atoms with Crippen LogP contribution in [-0.4, -0.2) is 23.6 Å². The summed E-state index contributed by atoms with van der Waals surface area (Å²) in [5, 5.41) is 10.9. The van der Waals surface area contributed by atoms with Crippen molar-refractivity contribution < 1.29 is 14.8 Å². The SMILES string of the molecule is CC[NH+](C(C)(C)C)C(C)(C)C(=O)[O-]. The van der Waals surface area contributed by atoms with Crippen LogP contribution < -0.4 is 10.0 Å². The van der Waals surface area contributed by atoms with E-state index < -0.39 is 11.5 Å². The van der Waals surface area contributed by atoms with Crippen LogP contribution >= 0.6 is 0 Å². The molecule has 0 aromatic heterocycles. The summed E-state index contributed by atoms with van der Waals surface area (Å²) >= 11 is 0. The molecule has 0 radical (unpaired) electrons. The maximum absolute atomic E-state index is 10.9. The molecule has 0 bridgehead atoms. The Hall–Kier alpha value is -0.570. The highest BCUT2D eigenvalue weighted by Gasteiger charge is 2.38. The van der Waals surface area contributed by atoms with Gasteiger partial charge in [-0.05, 0) is 41.5 Å². The van der Waals surface area contributed by atoms with Crippen LogP contribution in [0.1, 0.15) is 41.5 Å². The summed E-state index contributed by atoms with van der Waals surface area (Å²) in [5.41, 5.74) is -0.898. The number of carboxylic acid groups (broad SMARTS) is 1. The van der Waals surface area contributed by atoms with E-state index in [0.717, 1.165) is 11.4 Å². The number of hydrogen-bond acceptors (Lipinski definition) is 2. The number of aliphatic carboxylic acids is 1. The lowest BCUT2D eigenvalue weighted by Gasteiger charge is -2.43. The summed E-state index contributed by atoms with van der Waals surface area (Å²) < 4.78 is 0. The maximum atomic E-state index is 10.9. The van der Waals surface area contributed by atoms with Crippen LogP contribution in [-0.2, 0) is 4.79 Å². The van der Waals surface area contributed by atoms with Crippen molar-refractivity contribution in [2.24, 2.45) is 0 Å². The predicted molar refractivity (Wildman–Crippen MR) is 50.3 cm³/mol. The van der Waals surface area contributed by atoms with Crippen LogP contribution in [0.4, 0.5) is 0 Å². The van der Waals surface area contributed by atoms with Crippen molar-refractivity contribution in [3.05, 3.63) is 0 Å². The van der Waals surface area contributed by atoms with E-state index in [1.807, 2.05) is 27.7 Å². The van der Waals surface area contributed by atoms with Crippen molar-refractivity contribution in [3.8, 4) is 0 Å². The second-order valence-electron chi connectivity index (χ2n) is 4.99. The molecule has 0 heterocycles. The van der Waals surface area contributed by atoms with Gasteiger partial charge in [-0.2, -0.15) is 0 Å². The zero-order valence-electron chi connectivity index (χ0n) is 9.52. The van der Waals surface area contributed by atoms with Gasteiger partial charge in [-0.3, -0.25) is 0 Å². The average Bonchev–Trinajstić information content (AvgIpc) is 1.83. The van der Waals surface area contributed by atoms with Gasteiger partial charge in [0.15, 0.2) is 0 Å². The highest BCUT2D eigenvalue weighted by molar-refractivity contribution is 5.73. The predicted octanol–water partition coefficient (Wildman–Crippen LogP) is -0.782. The van der Waals surface area contributed by atoms with Gasteiger partial charge < -0.3 is 14.8 Å². The Kier molecular flexibility index (Phi) is 3.50. The summed E-state index contributed by atoms with van der Waals surface area (Å²) in [7, 11) is 0. The van der Waals surface area contributed by atoms with Gasteiger partial charge >= 0.3 is 0 Å². The zero-order valence-corrected chi connectivity index (χ0v) is 9.52. The normalized spacial score (nSPS) is 15.5. The van der Waals surface area contributed by atoms with Crippen LogP contribution in [0.25, 0.3) is 0 Å². The van der Waals surface area contributed by atoms with Crippen molar-refractivity contribution >= 4 is 5.97 Å². The molecular weight excluding hydrogens is 166 g/mol. The second kappa shape index (κ2) is 3.66. The largest absolute Gasteiger partial charge is 0.544 e. The van der Waals surface area contributed by atoms with E-state index in [4.69, 9.17) is 0 Å².